The molecule has 3 heterocycles. The van der Waals surface area contributed by atoms with E-state index in [-0.39, 0.29) is 18.8 Å². The highest BCUT2D eigenvalue weighted by atomic mass is 16.4. The first-order chi connectivity index (χ1) is 17.9. The van der Waals surface area contributed by atoms with E-state index in [2.05, 4.69) is 63.2 Å². The molecule has 1 fully saturated rings. The molecule has 3 aromatic rings. The third-order valence-corrected chi connectivity index (χ3v) is 6.83. The third kappa shape index (κ3) is 8.52. The van der Waals surface area contributed by atoms with Gasteiger partial charge in [0.15, 0.2) is 0 Å². The van der Waals surface area contributed by atoms with Gasteiger partial charge in [0.05, 0.1) is 18.2 Å². The summed E-state index contributed by atoms with van der Waals surface area (Å²) in [5, 5.41) is 29.3. The van der Waals surface area contributed by atoms with Crippen LogP contribution in [0.5, 0.6) is 0 Å². The summed E-state index contributed by atoms with van der Waals surface area (Å²) in [5.74, 6) is -0.814. The van der Waals surface area contributed by atoms with Crippen molar-refractivity contribution in [1.29, 1.82) is 0 Å². The fraction of sp³-hybridized carbons (Fsp3) is 0.519. The Kier molecular flexibility index (Phi) is 10.8. The highest BCUT2D eigenvalue weighted by molar-refractivity contribution is 5.68. The number of benzene rings is 1. The zero-order chi connectivity index (χ0) is 26.6. The number of piperidine rings is 1. The van der Waals surface area contributed by atoms with E-state index in [9.17, 15) is 9.90 Å². The number of nitrogens with zero attached hydrogens (tertiary/aromatic N) is 6. The summed E-state index contributed by atoms with van der Waals surface area (Å²) in [6, 6.07) is 8.87. The average molecular weight is 511 g/mol. The molecule has 2 unspecified atom stereocenters. The second-order valence-corrected chi connectivity index (χ2v) is 9.61. The van der Waals surface area contributed by atoms with E-state index in [1.807, 2.05) is 23.1 Å². The van der Waals surface area contributed by atoms with E-state index < -0.39 is 5.97 Å². The molecule has 2 N–H and O–H groups in total. The van der Waals surface area contributed by atoms with Crippen molar-refractivity contribution in [2.24, 2.45) is 0 Å². The molecule has 0 amide bonds. The van der Waals surface area contributed by atoms with Crippen LogP contribution in [0.15, 0.2) is 42.9 Å². The molecule has 1 aliphatic heterocycles. The van der Waals surface area contributed by atoms with E-state index in [1.54, 1.807) is 0 Å². The number of aryl methyl sites for hydroxylation is 3. The van der Waals surface area contributed by atoms with Gasteiger partial charge in [-0.1, -0.05) is 30.3 Å². The van der Waals surface area contributed by atoms with Gasteiger partial charge in [0.25, 0.3) is 6.47 Å². The highest BCUT2D eigenvalue weighted by Gasteiger charge is 2.23. The van der Waals surface area contributed by atoms with E-state index in [0.29, 0.717) is 6.04 Å². The van der Waals surface area contributed by atoms with E-state index in [1.165, 1.54) is 11.1 Å². The Labute approximate surface area is 217 Å². The van der Waals surface area contributed by atoms with Gasteiger partial charge in [0, 0.05) is 38.2 Å². The monoisotopic (exact) mass is 510 g/mol. The van der Waals surface area contributed by atoms with Crippen LogP contribution in [0.25, 0.3) is 0 Å². The fourth-order valence-corrected chi connectivity index (χ4v) is 4.95. The van der Waals surface area contributed by atoms with Crippen LogP contribution in [0.3, 0.4) is 0 Å². The fourth-order valence-electron chi connectivity index (χ4n) is 4.95. The summed E-state index contributed by atoms with van der Waals surface area (Å²) >= 11 is 0. The van der Waals surface area contributed by atoms with Gasteiger partial charge in [-0.05, 0) is 74.2 Å². The van der Waals surface area contributed by atoms with Crippen molar-refractivity contribution in [3.63, 3.8) is 0 Å². The molecule has 4 rings (SSSR count). The van der Waals surface area contributed by atoms with Crippen molar-refractivity contribution in [3.05, 3.63) is 65.2 Å². The summed E-state index contributed by atoms with van der Waals surface area (Å²) in [5.41, 5.74) is 4.56. The minimum absolute atomic E-state index is 0.0497. The Morgan fingerprint density at radius 1 is 1.32 bits per heavy atom. The van der Waals surface area contributed by atoms with Gasteiger partial charge in [-0.15, -0.1) is 5.10 Å². The number of aromatic nitrogens is 5. The lowest BCUT2D eigenvalue weighted by atomic mass is 9.88. The molecule has 1 aliphatic rings. The zero-order valence-electron chi connectivity index (χ0n) is 21.7. The van der Waals surface area contributed by atoms with E-state index in [0.717, 1.165) is 69.5 Å². The molecular weight excluding hydrogens is 472 g/mol. The summed E-state index contributed by atoms with van der Waals surface area (Å²) in [7, 11) is 0. The van der Waals surface area contributed by atoms with Crippen molar-refractivity contribution in [2.75, 3.05) is 13.1 Å². The molecule has 0 spiro atoms. The number of likely N-dealkylation sites (tertiary alicyclic amines) is 1. The predicted molar refractivity (Wildman–Crippen MR) is 139 cm³/mol. The van der Waals surface area contributed by atoms with Crippen molar-refractivity contribution in [3.8, 4) is 0 Å². The number of carbonyl (C=O) groups is 2. The largest absolute Gasteiger partial charge is 0.483 e. The Morgan fingerprint density at radius 3 is 2.84 bits per heavy atom. The Hall–Kier alpha value is -3.53. The van der Waals surface area contributed by atoms with Crippen LogP contribution in [0.1, 0.15) is 73.4 Å². The van der Waals surface area contributed by atoms with Crippen LogP contribution in [-0.2, 0) is 29.1 Å². The lowest BCUT2D eigenvalue weighted by Gasteiger charge is -2.33. The Morgan fingerprint density at radius 2 is 2.14 bits per heavy atom. The maximum absolute atomic E-state index is 11.7. The Balaban J connectivity index is 0.00000121. The van der Waals surface area contributed by atoms with Crippen LogP contribution >= 0.6 is 0 Å². The number of aliphatic carboxylic acids is 1. The number of hydrogen-bond donors (Lipinski definition) is 2. The van der Waals surface area contributed by atoms with Crippen LogP contribution in [-0.4, -0.2) is 65.4 Å². The lowest BCUT2D eigenvalue weighted by Crippen LogP contribution is -2.36. The zero-order valence-corrected chi connectivity index (χ0v) is 21.7. The molecule has 1 saturated heterocycles. The smallest absolute Gasteiger partial charge is 0.303 e. The van der Waals surface area contributed by atoms with Gasteiger partial charge < -0.3 is 10.2 Å². The molecule has 2 aromatic heterocycles. The summed E-state index contributed by atoms with van der Waals surface area (Å²) < 4.78 is 3.94. The molecule has 1 aromatic carbocycles. The lowest BCUT2D eigenvalue weighted by molar-refractivity contribution is -0.137. The van der Waals surface area contributed by atoms with Crippen molar-refractivity contribution >= 4 is 12.4 Å². The van der Waals surface area contributed by atoms with Gasteiger partial charge in [-0.3, -0.25) is 23.9 Å². The number of carboxylic acids is 1. The average Bonchev–Trinajstić information content (AvgIpc) is 3.57. The molecule has 0 bridgehead atoms. The van der Waals surface area contributed by atoms with E-state index >= 15 is 0 Å². The second-order valence-electron chi connectivity index (χ2n) is 9.61. The number of hydrogen-bond acceptors (Lipinski definition) is 6. The second kappa shape index (κ2) is 14.3. The van der Waals surface area contributed by atoms with Gasteiger partial charge in [0.1, 0.15) is 0 Å². The molecule has 0 saturated carbocycles. The topological polar surface area (TPSA) is 126 Å². The predicted octanol–water partition coefficient (Wildman–Crippen LogP) is 3.92. The van der Waals surface area contributed by atoms with Crippen LogP contribution < -0.4 is 0 Å². The number of rotatable bonds is 11. The molecule has 200 valence electrons. The number of carboxylic acid groups (broad SMARTS) is 2. The molecular formula is C27H38N6O4. The van der Waals surface area contributed by atoms with E-state index in [4.69, 9.17) is 9.90 Å². The molecule has 10 heteroatoms. The molecule has 37 heavy (non-hydrogen) atoms. The third-order valence-electron chi connectivity index (χ3n) is 6.83. The molecule has 0 radical (unpaired) electrons. The quantitative estimate of drug-likeness (QED) is 0.372. The van der Waals surface area contributed by atoms with Crippen LogP contribution in [0.2, 0.25) is 0 Å². The maximum atomic E-state index is 11.7. The SMILES string of the molecule is CCCn1cc(CCC(CC(=O)O)c2ccc(C)c(CN3CCCC(n4cccn4)C3)c2)nn1.O=CO. The molecule has 0 aliphatic carbocycles. The van der Waals surface area contributed by atoms with Gasteiger partial charge in [-0.2, -0.15) is 5.10 Å². The summed E-state index contributed by atoms with van der Waals surface area (Å²) in [6.45, 7) is 7.80. The Bertz CT molecular complexity index is 1110. The summed E-state index contributed by atoms with van der Waals surface area (Å²) in [4.78, 5) is 22.5. The van der Waals surface area contributed by atoms with Crippen LogP contribution in [0.4, 0.5) is 0 Å². The maximum Gasteiger partial charge on any atom is 0.303 e. The first-order valence-electron chi connectivity index (χ1n) is 12.9. The van der Waals surface area contributed by atoms with Gasteiger partial charge in [-0.25, -0.2) is 0 Å². The molecule has 10 nitrogen and oxygen atoms in total. The first kappa shape index (κ1) is 28.0. The minimum atomic E-state index is -0.764. The van der Waals surface area contributed by atoms with Crippen molar-refractivity contribution in [2.45, 2.75) is 77.4 Å². The van der Waals surface area contributed by atoms with Gasteiger partial charge >= 0.3 is 5.97 Å². The van der Waals surface area contributed by atoms with Crippen LogP contribution in [0, 0.1) is 6.92 Å². The van der Waals surface area contributed by atoms with Crippen molar-refractivity contribution in [1.82, 2.24) is 29.7 Å². The standard InChI is InChI=1S/C26H36N6O2.CH2O2/c1-3-12-31-18-24(28-29-31)10-9-22(16-26(33)34)21-8-7-20(2)23(15-21)17-30-13-4-6-25(19-30)32-14-5-11-27-32;2-1-3/h5,7-8,11,14-15,18,22,25H,3-4,6,9-10,12-13,16-17,19H2,1-2H3,(H,33,34);1H,(H,2,3). The van der Waals surface area contributed by atoms with Crippen molar-refractivity contribution < 1.29 is 19.8 Å². The van der Waals surface area contributed by atoms with Gasteiger partial charge in [0.2, 0.25) is 0 Å². The normalized spacial score (nSPS) is 16.5. The first-order valence-corrected chi connectivity index (χ1v) is 12.9. The summed E-state index contributed by atoms with van der Waals surface area (Å²) in [6.07, 6.45) is 10.8. The molecule has 2 atom stereocenters. The minimum Gasteiger partial charge on any atom is -0.483 e. The highest BCUT2D eigenvalue weighted by Crippen LogP contribution is 2.29.